The minimum Gasteiger partial charge on any atom is -0.358 e. The molecule has 1 aliphatic carbocycles. The summed E-state index contributed by atoms with van der Waals surface area (Å²) in [6, 6.07) is 4.81. The monoisotopic (exact) mass is 290 g/mol. The molecular formula is C17H30N4. The first kappa shape index (κ1) is 16.2. The van der Waals surface area contributed by atoms with Crippen LogP contribution in [0, 0.1) is 0 Å². The van der Waals surface area contributed by atoms with E-state index in [0.717, 1.165) is 18.9 Å². The van der Waals surface area contributed by atoms with Gasteiger partial charge in [-0.15, -0.1) is 0 Å². The maximum absolute atomic E-state index is 4.55. The summed E-state index contributed by atoms with van der Waals surface area (Å²) in [6.45, 7) is 6.30. The summed E-state index contributed by atoms with van der Waals surface area (Å²) in [4.78, 5) is 9.24. The van der Waals surface area contributed by atoms with Crippen molar-refractivity contribution in [3.8, 4) is 0 Å². The Labute approximate surface area is 129 Å². The van der Waals surface area contributed by atoms with Crippen LogP contribution in [0.4, 0.5) is 5.82 Å². The molecule has 0 spiro atoms. The SMILES string of the molecule is CC(C)NCc1ccnc(N(C)CC2(N(C)C)CCC2)c1. The average molecular weight is 290 g/mol. The fourth-order valence-corrected chi connectivity index (χ4v) is 2.96. The molecule has 1 saturated carbocycles. The van der Waals surface area contributed by atoms with E-state index in [1.54, 1.807) is 0 Å². The lowest BCUT2D eigenvalue weighted by Gasteiger charge is -2.49. The highest BCUT2D eigenvalue weighted by Gasteiger charge is 2.40. The maximum Gasteiger partial charge on any atom is 0.128 e. The van der Waals surface area contributed by atoms with Crippen molar-refractivity contribution in [2.24, 2.45) is 0 Å². The summed E-state index contributed by atoms with van der Waals surface area (Å²) >= 11 is 0. The van der Waals surface area contributed by atoms with Gasteiger partial charge in [-0.3, -0.25) is 0 Å². The fraction of sp³-hybridized carbons (Fsp3) is 0.706. The Bertz CT molecular complexity index is 452. The van der Waals surface area contributed by atoms with Crippen LogP contribution in [0.15, 0.2) is 18.3 Å². The molecule has 0 bridgehead atoms. The van der Waals surface area contributed by atoms with E-state index in [0.29, 0.717) is 11.6 Å². The molecule has 0 unspecified atom stereocenters. The van der Waals surface area contributed by atoms with Gasteiger partial charge in [0.05, 0.1) is 0 Å². The van der Waals surface area contributed by atoms with E-state index in [1.807, 2.05) is 6.20 Å². The Hall–Kier alpha value is -1.13. The van der Waals surface area contributed by atoms with E-state index >= 15 is 0 Å². The van der Waals surface area contributed by atoms with E-state index in [4.69, 9.17) is 0 Å². The van der Waals surface area contributed by atoms with Crippen LogP contribution >= 0.6 is 0 Å². The lowest BCUT2D eigenvalue weighted by molar-refractivity contribution is 0.0682. The lowest BCUT2D eigenvalue weighted by Crippen LogP contribution is -2.56. The first-order valence-corrected chi connectivity index (χ1v) is 8.00. The van der Waals surface area contributed by atoms with Gasteiger partial charge < -0.3 is 15.1 Å². The zero-order chi connectivity index (χ0) is 15.5. The summed E-state index contributed by atoms with van der Waals surface area (Å²) in [5, 5.41) is 3.46. The number of hydrogen-bond donors (Lipinski definition) is 1. The van der Waals surface area contributed by atoms with Crippen molar-refractivity contribution in [3.05, 3.63) is 23.9 Å². The Morgan fingerprint density at radius 1 is 1.29 bits per heavy atom. The van der Waals surface area contributed by atoms with E-state index in [2.05, 4.69) is 67.2 Å². The third-order valence-electron chi connectivity index (χ3n) is 4.68. The van der Waals surface area contributed by atoms with Gasteiger partial charge in [-0.25, -0.2) is 4.98 Å². The first-order valence-electron chi connectivity index (χ1n) is 8.00. The molecule has 0 amide bonds. The van der Waals surface area contributed by atoms with Crippen LogP contribution in [0.1, 0.15) is 38.7 Å². The normalized spacial score (nSPS) is 17.1. The molecule has 4 nitrogen and oxygen atoms in total. The van der Waals surface area contributed by atoms with E-state index < -0.39 is 0 Å². The molecule has 0 atom stereocenters. The van der Waals surface area contributed by atoms with Crippen LogP contribution in [0.2, 0.25) is 0 Å². The van der Waals surface area contributed by atoms with Crippen LogP contribution in [-0.2, 0) is 6.54 Å². The van der Waals surface area contributed by atoms with E-state index in [-0.39, 0.29) is 0 Å². The molecule has 2 rings (SSSR count). The Morgan fingerprint density at radius 3 is 2.52 bits per heavy atom. The molecule has 1 aromatic heterocycles. The minimum absolute atomic E-state index is 0.336. The Balaban J connectivity index is 2.02. The smallest absolute Gasteiger partial charge is 0.128 e. The Kier molecular flexibility index (Phi) is 5.22. The van der Waals surface area contributed by atoms with Crippen LogP contribution in [-0.4, -0.2) is 49.2 Å². The van der Waals surface area contributed by atoms with Crippen molar-refractivity contribution in [3.63, 3.8) is 0 Å². The third-order valence-corrected chi connectivity index (χ3v) is 4.68. The molecule has 0 radical (unpaired) electrons. The van der Waals surface area contributed by atoms with Gasteiger partial charge in [0.25, 0.3) is 0 Å². The van der Waals surface area contributed by atoms with Gasteiger partial charge in [-0.05, 0) is 51.1 Å². The zero-order valence-electron chi connectivity index (χ0n) is 14.2. The molecule has 1 N–H and O–H groups in total. The van der Waals surface area contributed by atoms with Gasteiger partial charge in [0.2, 0.25) is 0 Å². The standard InChI is InChI=1S/C17H30N4/c1-14(2)19-12-15-7-10-18-16(11-15)21(5)13-17(20(3)4)8-6-9-17/h7,10-11,14,19H,6,8-9,12-13H2,1-5H3. The fourth-order valence-electron chi connectivity index (χ4n) is 2.96. The van der Waals surface area contributed by atoms with Crippen molar-refractivity contribution in [1.29, 1.82) is 0 Å². The summed E-state index contributed by atoms with van der Waals surface area (Å²) in [5.41, 5.74) is 1.64. The second-order valence-corrected chi connectivity index (χ2v) is 6.89. The van der Waals surface area contributed by atoms with Crippen molar-refractivity contribution in [1.82, 2.24) is 15.2 Å². The van der Waals surface area contributed by atoms with E-state index in [1.165, 1.54) is 24.8 Å². The van der Waals surface area contributed by atoms with Crippen molar-refractivity contribution < 1.29 is 0 Å². The van der Waals surface area contributed by atoms with E-state index in [9.17, 15) is 0 Å². The number of anilines is 1. The van der Waals surface area contributed by atoms with Crippen molar-refractivity contribution >= 4 is 5.82 Å². The molecule has 1 heterocycles. The predicted molar refractivity (Wildman–Crippen MR) is 89.8 cm³/mol. The summed E-state index contributed by atoms with van der Waals surface area (Å²) in [6.07, 6.45) is 5.85. The van der Waals surface area contributed by atoms with Gasteiger partial charge >= 0.3 is 0 Å². The maximum atomic E-state index is 4.55. The van der Waals surface area contributed by atoms with Crippen LogP contribution in [0.3, 0.4) is 0 Å². The molecule has 1 fully saturated rings. The average Bonchev–Trinajstić information content (AvgIpc) is 2.40. The summed E-state index contributed by atoms with van der Waals surface area (Å²) in [7, 11) is 6.55. The lowest BCUT2D eigenvalue weighted by atomic mass is 9.75. The molecule has 4 heteroatoms. The highest BCUT2D eigenvalue weighted by atomic mass is 15.2. The molecule has 0 aromatic carbocycles. The second-order valence-electron chi connectivity index (χ2n) is 6.89. The predicted octanol–water partition coefficient (Wildman–Crippen LogP) is 2.50. The van der Waals surface area contributed by atoms with Crippen molar-refractivity contribution in [2.45, 2.75) is 51.2 Å². The van der Waals surface area contributed by atoms with Gasteiger partial charge in [0, 0.05) is 37.9 Å². The summed E-state index contributed by atoms with van der Waals surface area (Å²) < 4.78 is 0. The number of rotatable bonds is 7. The molecular weight excluding hydrogens is 260 g/mol. The van der Waals surface area contributed by atoms with Gasteiger partial charge in [0.1, 0.15) is 5.82 Å². The first-order chi connectivity index (χ1) is 9.93. The van der Waals surface area contributed by atoms with Crippen LogP contribution in [0.25, 0.3) is 0 Å². The largest absolute Gasteiger partial charge is 0.358 e. The molecule has 0 saturated heterocycles. The molecule has 21 heavy (non-hydrogen) atoms. The number of nitrogens with one attached hydrogen (secondary N) is 1. The number of likely N-dealkylation sites (N-methyl/N-ethyl adjacent to an activating group) is 2. The number of hydrogen-bond acceptors (Lipinski definition) is 4. The van der Waals surface area contributed by atoms with Gasteiger partial charge in [-0.1, -0.05) is 13.8 Å². The van der Waals surface area contributed by atoms with Gasteiger partial charge in [0.15, 0.2) is 0 Å². The highest BCUT2D eigenvalue weighted by molar-refractivity contribution is 5.41. The van der Waals surface area contributed by atoms with Crippen molar-refractivity contribution in [2.75, 3.05) is 32.6 Å². The molecule has 1 aromatic rings. The number of nitrogens with zero attached hydrogens (tertiary/aromatic N) is 3. The third kappa shape index (κ3) is 3.95. The van der Waals surface area contributed by atoms with Crippen LogP contribution < -0.4 is 10.2 Å². The molecule has 1 aliphatic rings. The molecule has 118 valence electrons. The zero-order valence-corrected chi connectivity index (χ0v) is 14.2. The number of pyridine rings is 1. The van der Waals surface area contributed by atoms with Crippen LogP contribution in [0.5, 0.6) is 0 Å². The summed E-state index contributed by atoms with van der Waals surface area (Å²) in [5.74, 6) is 1.08. The molecule has 0 aliphatic heterocycles. The second kappa shape index (κ2) is 6.75. The topological polar surface area (TPSA) is 31.4 Å². The Morgan fingerprint density at radius 2 is 2.00 bits per heavy atom. The number of aromatic nitrogens is 1. The minimum atomic E-state index is 0.336. The quantitative estimate of drug-likeness (QED) is 0.836. The highest BCUT2D eigenvalue weighted by Crippen LogP contribution is 2.37. The van der Waals surface area contributed by atoms with Gasteiger partial charge in [-0.2, -0.15) is 0 Å².